The van der Waals surface area contributed by atoms with Gasteiger partial charge in [-0.25, -0.2) is 12.8 Å². The zero-order valence-electron chi connectivity index (χ0n) is 13.7. The SMILES string of the molecule is O=C(C[C@H]1CCc2ccccc21)NCCS(=O)(=O)c1ccc(F)cc1. The van der Waals surface area contributed by atoms with Gasteiger partial charge in [-0.3, -0.25) is 4.79 Å². The van der Waals surface area contributed by atoms with Crippen molar-refractivity contribution in [2.45, 2.75) is 30.1 Å². The van der Waals surface area contributed by atoms with E-state index in [4.69, 9.17) is 0 Å². The molecule has 0 spiro atoms. The second-order valence-electron chi connectivity index (χ2n) is 6.26. The molecule has 4 nitrogen and oxygen atoms in total. The monoisotopic (exact) mass is 361 g/mol. The maximum atomic E-state index is 12.9. The lowest BCUT2D eigenvalue weighted by molar-refractivity contribution is -0.121. The van der Waals surface area contributed by atoms with E-state index in [1.54, 1.807) is 0 Å². The lowest BCUT2D eigenvalue weighted by Crippen LogP contribution is -2.30. The summed E-state index contributed by atoms with van der Waals surface area (Å²) in [6.45, 7) is 0.0485. The lowest BCUT2D eigenvalue weighted by atomic mass is 9.97. The molecule has 0 unspecified atom stereocenters. The van der Waals surface area contributed by atoms with Gasteiger partial charge in [0.2, 0.25) is 5.91 Å². The molecule has 3 rings (SSSR count). The standard InChI is InChI=1S/C19H20FNO3S/c20-16-7-9-17(10-8-16)25(23,24)12-11-21-19(22)13-15-6-5-14-3-1-2-4-18(14)15/h1-4,7-10,15H,5-6,11-13H2,(H,21,22)/t15-/m1/s1. The van der Waals surface area contributed by atoms with Gasteiger partial charge in [0, 0.05) is 13.0 Å². The average Bonchev–Trinajstić information content (AvgIpc) is 2.98. The van der Waals surface area contributed by atoms with Gasteiger partial charge in [0.15, 0.2) is 9.84 Å². The molecule has 0 saturated carbocycles. The molecule has 1 N–H and O–H groups in total. The number of hydrogen-bond donors (Lipinski definition) is 1. The van der Waals surface area contributed by atoms with Crippen LogP contribution >= 0.6 is 0 Å². The molecule has 0 saturated heterocycles. The largest absolute Gasteiger partial charge is 0.355 e. The Morgan fingerprint density at radius 1 is 1.12 bits per heavy atom. The van der Waals surface area contributed by atoms with Crippen LogP contribution in [0, 0.1) is 5.82 Å². The highest BCUT2D eigenvalue weighted by Crippen LogP contribution is 2.34. The molecular weight excluding hydrogens is 341 g/mol. The van der Waals surface area contributed by atoms with Gasteiger partial charge in [0.25, 0.3) is 0 Å². The van der Waals surface area contributed by atoms with E-state index in [9.17, 15) is 17.6 Å². The Hall–Kier alpha value is -2.21. The van der Waals surface area contributed by atoms with Crippen LogP contribution in [0.15, 0.2) is 53.4 Å². The molecule has 0 aliphatic heterocycles. The third-order valence-corrected chi connectivity index (χ3v) is 6.29. The fourth-order valence-corrected chi connectivity index (χ4v) is 4.40. The Kier molecular flexibility index (Phi) is 5.18. The number of hydrogen-bond acceptors (Lipinski definition) is 3. The first-order valence-electron chi connectivity index (χ1n) is 8.28. The minimum Gasteiger partial charge on any atom is -0.355 e. The minimum atomic E-state index is -3.53. The van der Waals surface area contributed by atoms with Crippen molar-refractivity contribution < 1.29 is 17.6 Å². The summed E-state index contributed by atoms with van der Waals surface area (Å²) in [5.41, 5.74) is 2.51. The predicted octanol–water partition coefficient (Wildman–Crippen LogP) is 2.84. The van der Waals surface area contributed by atoms with E-state index >= 15 is 0 Å². The molecule has 25 heavy (non-hydrogen) atoms. The van der Waals surface area contributed by atoms with Crippen LogP contribution in [0.25, 0.3) is 0 Å². The van der Waals surface area contributed by atoms with Gasteiger partial charge in [-0.1, -0.05) is 24.3 Å². The first kappa shape index (κ1) is 17.6. The molecule has 0 aromatic heterocycles. The van der Waals surface area contributed by atoms with Crippen molar-refractivity contribution in [3.05, 3.63) is 65.5 Å². The molecule has 132 valence electrons. The van der Waals surface area contributed by atoms with E-state index < -0.39 is 15.7 Å². The fourth-order valence-electron chi connectivity index (χ4n) is 3.24. The topological polar surface area (TPSA) is 63.2 Å². The zero-order valence-corrected chi connectivity index (χ0v) is 14.6. The summed E-state index contributed by atoms with van der Waals surface area (Å²) in [6.07, 6.45) is 2.29. The van der Waals surface area contributed by atoms with Crippen LogP contribution in [-0.4, -0.2) is 26.6 Å². The summed E-state index contributed by atoms with van der Waals surface area (Å²) < 4.78 is 37.2. The number of carbonyl (C=O) groups excluding carboxylic acids is 1. The third kappa shape index (κ3) is 4.25. The molecule has 2 aromatic carbocycles. The Morgan fingerprint density at radius 2 is 1.84 bits per heavy atom. The number of amides is 1. The molecule has 1 aliphatic carbocycles. The second kappa shape index (κ2) is 7.35. The Bertz CT molecular complexity index is 862. The normalized spacial score (nSPS) is 16.4. The number of rotatable bonds is 6. The summed E-state index contributed by atoms with van der Waals surface area (Å²) in [7, 11) is -3.53. The molecule has 6 heteroatoms. The van der Waals surface area contributed by atoms with Gasteiger partial charge in [-0.05, 0) is 54.2 Å². The first-order chi connectivity index (χ1) is 12.0. The molecule has 0 bridgehead atoms. The van der Waals surface area contributed by atoms with E-state index in [0.717, 1.165) is 25.0 Å². The number of benzene rings is 2. The van der Waals surface area contributed by atoms with Crippen LogP contribution in [0.5, 0.6) is 0 Å². The van der Waals surface area contributed by atoms with Crippen molar-refractivity contribution in [2.24, 2.45) is 0 Å². The van der Waals surface area contributed by atoms with E-state index in [1.165, 1.54) is 23.3 Å². The number of fused-ring (bicyclic) bond motifs is 1. The van der Waals surface area contributed by atoms with Crippen LogP contribution in [0.3, 0.4) is 0 Å². The molecule has 0 radical (unpaired) electrons. The number of carbonyl (C=O) groups is 1. The van der Waals surface area contributed by atoms with Gasteiger partial charge in [0.1, 0.15) is 5.82 Å². The molecule has 0 fully saturated rings. The molecular formula is C19H20FNO3S. The predicted molar refractivity (Wildman–Crippen MR) is 93.6 cm³/mol. The number of nitrogens with one attached hydrogen (secondary N) is 1. The van der Waals surface area contributed by atoms with Crippen molar-refractivity contribution in [1.29, 1.82) is 0 Å². The van der Waals surface area contributed by atoms with Gasteiger partial charge < -0.3 is 5.32 Å². The Balaban J connectivity index is 1.51. The molecule has 1 amide bonds. The van der Waals surface area contributed by atoms with Crippen LogP contribution in [0.1, 0.15) is 29.9 Å². The molecule has 1 atom stereocenters. The molecule has 0 heterocycles. The maximum Gasteiger partial charge on any atom is 0.220 e. The van der Waals surface area contributed by atoms with Crippen molar-refractivity contribution >= 4 is 15.7 Å². The van der Waals surface area contributed by atoms with Gasteiger partial charge in [-0.2, -0.15) is 0 Å². The van der Waals surface area contributed by atoms with E-state index in [2.05, 4.69) is 17.4 Å². The van der Waals surface area contributed by atoms with Crippen LogP contribution in [-0.2, 0) is 21.1 Å². The lowest BCUT2D eigenvalue weighted by Gasteiger charge is -2.12. The molecule has 1 aliphatic rings. The quantitative estimate of drug-likeness (QED) is 0.805. The highest BCUT2D eigenvalue weighted by atomic mass is 32.2. The van der Waals surface area contributed by atoms with Crippen molar-refractivity contribution in [3.8, 4) is 0 Å². The maximum absolute atomic E-state index is 12.9. The Labute approximate surface area is 147 Å². The highest BCUT2D eigenvalue weighted by molar-refractivity contribution is 7.91. The van der Waals surface area contributed by atoms with E-state index in [1.807, 2.05) is 12.1 Å². The van der Waals surface area contributed by atoms with E-state index in [0.29, 0.717) is 6.42 Å². The molecule has 2 aromatic rings. The van der Waals surface area contributed by atoms with Gasteiger partial charge >= 0.3 is 0 Å². The average molecular weight is 361 g/mol. The number of aryl methyl sites for hydroxylation is 1. The van der Waals surface area contributed by atoms with Gasteiger partial charge in [-0.15, -0.1) is 0 Å². The Morgan fingerprint density at radius 3 is 2.60 bits per heavy atom. The minimum absolute atomic E-state index is 0.0485. The first-order valence-corrected chi connectivity index (χ1v) is 9.94. The fraction of sp³-hybridized carbons (Fsp3) is 0.316. The van der Waals surface area contributed by atoms with Crippen molar-refractivity contribution in [3.63, 3.8) is 0 Å². The summed E-state index contributed by atoms with van der Waals surface area (Å²) in [5, 5.41) is 2.69. The van der Waals surface area contributed by atoms with Crippen LogP contribution in [0.4, 0.5) is 4.39 Å². The summed E-state index contributed by atoms with van der Waals surface area (Å²) >= 11 is 0. The smallest absolute Gasteiger partial charge is 0.220 e. The summed E-state index contributed by atoms with van der Waals surface area (Å²) in [4.78, 5) is 12.2. The van der Waals surface area contributed by atoms with Gasteiger partial charge in [0.05, 0.1) is 10.6 Å². The number of halogens is 1. The third-order valence-electron chi connectivity index (χ3n) is 4.55. The zero-order chi connectivity index (χ0) is 17.9. The van der Waals surface area contributed by atoms with E-state index in [-0.39, 0.29) is 29.0 Å². The van der Waals surface area contributed by atoms with Crippen LogP contribution < -0.4 is 5.32 Å². The second-order valence-corrected chi connectivity index (χ2v) is 8.37. The van der Waals surface area contributed by atoms with Crippen molar-refractivity contribution in [2.75, 3.05) is 12.3 Å². The highest BCUT2D eigenvalue weighted by Gasteiger charge is 2.24. The number of sulfone groups is 1. The van der Waals surface area contributed by atoms with Crippen LogP contribution in [0.2, 0.25) is 0 Å². The summed E-state index contributed by atoms with van der Waals surface area (Å²) in [5.74, 6) is -0.629. The van der Waals surface area contributed by atoms with Crippen molar-refractivity contribution in [1.82, 2.24) is 5.32 Å². The summed E-state index contributed by atoms with van der Waals surface area (Å²) in [6, 6.07) is 12.8.